The minimum atomic E-state index is -0.573. The van der Waals surface area contributed by atoms with Gasteiger partial charge in [-0.3, -0.25) is 4.79 Å². The summed E-state index contributed by atoms with van der Waals surface area (Å²) in [6.07, 6.45) is 0.0436. The van der Waals surface area contributed by atoms with Gasteiger partial charge in [-0.2, -0.15) is 0 Å². The summed E-state index contributed by atoms with van der Waals surface area (Å²) in [5.74, 6) is -0.923. The minimum Gasteiger partial charge on any atom is -0.460 e. The van der Waals surface area contributed by atoms with Gasteiger partial charge in [-0.15, -0.1) is 0 Å². The molecule has 1 rings (SSSR count). The van der Waals surface area contributed by atoms with Gasteiger partial charge in [-0.1, -0.05) is 12.1 Å². The maximum absolute atomic E-state index is 13.4. The Hall–Kier alpha value is -2.11. The minimum absolute atomic E-state index is 0.0436. The fourth-order valence-electron chi connectivity index (χ4n) is 1.63. The molecule has 2 amide bonds. The van der Waals surface area contributed by atoms with E-state index < -0.39 is 29.5 Å². The molecule has 21 heavy (non-hydrogen) atoms. The largest absolute Gasteiger partial charge is 0.460 e. The molecule has 1 aromatic carbocycles. The SMILES string of the molecule is C[C@@H](CC(=O)OC(C)(C)C)NC(=O)Nc1ccccc1F. The first kappa shape index (κ1) is 16.9. The van der Waals surface area contributed by atoms with Crippen LogP contribution in [-0.2, 0) is 9.53 Å². The molecule has 6 heteroatoms. The average molecular weight is 296 g/mol. The van der Waals surface area contributed by atoms with Crippen molar-refractivity contribution in [1.82, 2.24) is 5.32 Å². The second-order valence-corrected chi connectivity index (χ2v) is 5.77. The van der Waals surface area contributed by atoms with Gasteiger partial charge in [0.2, 0.25) is 0 Å². The van der Waals surface area contributed by atoms with Gasteiger partial charge < -0.3 is 15.4 Å². The van der Waals surface area contributed by atoms with Crippen LogP contribution in [0.25, 0.3) is 0 Å². The molecule has 0 bridgehead atoms. The van der Waals surface area contributed by atoms with Crippen LogP contribution >= 0.6 is 0 Å². The van der Waals surface area contributed by atoms with Crippen LogP contribution in [-0.4, -0.2) is 23.6 Å². The van der Waals surface area contributed by atoms with Crippen LogP contribution < -0.4 is 10.6 Å². The lowest BCUT2D eigenvalue weighted by molar-refractivity contribution is -0.155. The second kappa shape index (κ2) is 7.06. The number of rotatable bonds is 4. The molecule has 0 saturated heterocycles. The molecule has 0 aliphatic rings. The van der Waals surface area contributed by atoms with E-state index in [1.807, 2.05) is 0 Å². The van der Waals surface area contributed by atoms with Gasteiger partial charge in [-0.25, -0.2) is 9.18 Å². The number of halogens is 1. The highest BCUT2D eigenvalue weighted by Gasteiger charge is 2.19. The summed E-state index contributed by atoms with van der Waals surface area (Å²) in [5, 5.41) is 4.94. The maximum atomic E-state index is 13.4. The lowest BCUT2D eigenvalue weighted by atomic mass is 10.2. The summed E-state index contributed by atoms with van der Waals surface area (Å²) in [4.78, 5) is 23.3. The van der Waals surface area contributed by atoms with E-state index in [-0.39, 0.29) is 12.1 Å². The van der Waals surface area contributed by atoms with Crippen molar-refractivity contribution in [3.8, 4) is 0 Å². The van der Waals surface area contributed by atoms with Crippen molar-refractivity contribution in [1.29, 1.82) is 0 Å². The van der Waals surface area contributed by atoms with Crippen LogP contribution in [0.3, 0.4) is 0 Å². The maximum Gasteiger partial charge on any atom is 0.319 e. The van der Waals surface area contributed by atoms with Gasteiger partial charge >= 0.3 is 12.0 Å². The number of anilines is 1. The highest BCUT2D eigenvalue weighted by atomic mass is 19.1. The van der Waals surface area contributed by atoms with Crippen molar-refractivity contribution < 1.29 is 18.7 Å². The van der Waals surface area contributed by atoms with E-state index in [1.165, 1.54) is 18.2 Å². The summed E-state index contributed by atoms with van der Waals surface area (Å²) >= 11 is 0. The number of hydrogen-bond acceptors (Lipinski definition) is 3. The molecule has 1 atom stereocenters. The molecule has 0 radical (unpaired) electrons. The number of esters is 1. The third kappa shape index (κ3) is 6.74. The van der Waals surface area contributed by atoms with Gasteiger partial charge in [0.05, 0.1) is 12.1 Å². The fraction of sp³-hybridized carbons (Fsp3) is 0.467. The fourth-order valence-corrected chi connectivity index (χ4v) is 1.63. The van der Waals surface area contributed by atoms with Crippen molar-refractivity contribution in [2.75, 3.05) is 5.32 Å². The third-order valence-electron chi connectivity index (χ3n) is 2.39. The molecule has 5 nitrogen and oxygen atoms in total. The predicted molar refractivity (Wildman–Crippen MR) is 78.5 cm³/mol. The molecular formula is C15H21FN2O3. The predicted octanol–water partition coefficient (Wildman–Crippen LogP) is 3.07. The van der Waals surface area contributed by atoms with Crippen molar-refractivity contribution in [2.24, 2.45) is 0 Å². The zero-order valence-corrected chi connectivity index (χ0v) is 12.7. The Balaban J connectivity index is 2.44. The zero-order valence-electron chi connectivity index (χ0n) is 12.7. The molecular weight excluding hydrogens is 275 g/mol. The molecule has 0 saturated carbocycles. The number of ether oxygens (including phenoxy) is 1. The molecule has 0 fully saturated rings. The number of benzene rings is 1. The number of nitrogens with one attached hydrogen (secondary N) is 2. The zero-order chi connectivity index (χ0) is 16.0. The Morgan fingerprint density at radius 1 is 1.29 bits per heavy atom. The molecule has 0 unspecified atom stereocenters. The number of hydrogen-bond donors (Lipinski definition) is 2. The Kier molecular flexibility index (Phi) is 5.69. The lowest BCUT2D eigenvalue weighted by Gasteiger charge is -2.21. The van der Waals surface area contributed by atoms with E-state index in [0.717, 1.165) is 0 Å². The highest BCUT2D eigenvalue weighted by molar-refractivity contribution is 5.89. The van der Waals surface area contributed by atoms with Crippen LogP contribution in [0.1, 0.15) is 34.1 Å². The standard InChI is InChI=1S/C15H21FN2O3/c1-10(9-13(19)21-15(2,3)4)17-14(20)18-12-8-6-5-7-11(12)16/h5-8,10H,9H2,1-4H3,(H2,17,18,20)/t10-/m0/s1. The van der Waals surface area contributed by atoms with Crippen LogP contribution in [0.15, 0.2) is 24.3 Å². The number of amides is 2. The van der Waals surface area contributed by atoms with Gasteiger partial charge in [0.25, 0.3) is 0 Å². The van der Waals surface area contributed by atoms with Crippen molar-refractivity contribution in [3.63, 3.8) is 0 Å². The van der Waals surface area contributed by atoms with Gasteiger partial charge in [0.1, 0.15) is 11.4 Å². The topological polar surface area (TPSA) is 67.4 Å². The van der Waals surface area contributed by atoms with Crippen molar-refractivity contribution in [2.45, 2.75) is 45.8 Å². The summed E-state index contributed by atoms with van der Waals surface area (Å²) < 4.78 is 18.5. The first-order chi connectivity index (χ1) is 9.67. The normalized spacial score (nSPS) is 12.4. The quantitative estimate of drug-likeness (QED) is 0.839. The molecule has 0 aromatic heterocycles. The number of para-hydroxylation sites is 1. The summed E-state index contributed by atoms with van der Waals surface area (Å²) in [7, 11) is 0. The van der Waals surface area contributed by atoms with Gasteiger partial charge in [0.15, 0.2) is 0 Å². The first-order valence-electron chi connectivity index (χ1n) is 6.71. The molecule has 0 spiro atoms. The Morgan fingerprint density at radius 3 is 2.48 bits per heavy atom. The smallest absolute Gasteiger partial charge is 0.319 e. The highest BCUT2D eigenvalue weighted by Crippen LogP contribution is 2.12. The first-order valence-corrected chi connectivity index (χ1v) is 6.71. The van der Waals surface area contributed by atoms with Crippen LogP contribution in [0.5, 0.6) is 0 Å². The molecule has 1 aromatic rings. The Labute approximate surface area is 123 Å². The van der Waals surface area contributed by atoms with Gasteiger partial charge in [-0.05, 0) is 39.8 Å². The Bertz CT molecular complexity index is 512. The van der Waals surface area contributed by atoms with E-state index in [1.54, 1.807) is 33.8 Å². The van der Waals surface area contributed by atoms with E-state index in [2.05, 4.69) is 10.6 Å². The number of urea groups is 1. The third-order valence-corrected chi connectivity index (χ3v) is 2.39. The van der Waals surface area contributed by atoms with E-state index in [4.69, 9.17) is 4.74 Å². The molecule has 0 heterocycles. The van der Waals surface area contributed by atoms with E-state index >= 15 is 0 Å². The lowest BCUT2D eigenvalue weighted by Crippen LogP contribution is -2.38. The van der Waals surface area contributed by atoms with E-state index in [9.17, 15) is 14.0 Å². The summed E-state index contributed by atoms with van der Waals surface area (Å²) in [6.45, 7) is 6.99. The second-order valence-electron chi connectivity index (χ2n) is 5.77. The van der Waals surface area contributed by atoms with Crippen molar-refractivity contribution >= 4 is 17.7 Å². The monoisotopic (exact) mass is 296 g/mol. The molecule has 0 aliphatic carbocycles. The molecule has 2 N–H and O–H groups in total. The van der Waals surface area contributed by atoms with Crippen LogP contribution in [0.2, 0.25) is 0 Å². The Morgan fingerprint density at radius 2 is 1.90 bits per heavy atom. The van der Waals surface area contributed by atoms with Gasteiger partial charge in [0, 0.05) is 6.04 Å². The molecule has 116 valence electrons. The number of carbonyl (C=O) groups excluding carboxylic acids is 2. The van der Waals surface area contributed by atoms with Crippen molar-refractivity contribution in [3.05, 3.63) is 30.1 Å². The average Bonchev–Trinajstić information content (AvgIpc) is 2.28. The van der Waals surface area contributed by atoms with E-state index in [0.29, 0.717) is 0 Å². The van der Waals surface area contributed by atoms with Crippen LogP contribution in [0, 0.1) is 5.82 Å². The number of carbonyl (C=O) groups is 2. The summed E-state index contributed by atoms with van der Waals surface area (Å²) in [5.41, 5.74) is -0.480. The molecule has 0 aliphatic heterocycles. The van der Waals surface area contributed by atoms with Crippen LogP contribution in [0.4, 0.5) is 14.9 Å². The summed E-state index contributed by atoms with van der Waals surface area (Å²) in [6, 6.07) is 4.85.